The van der Waals surface area contributed by atoms with E-state index in [9.17, 15) is 9.90 Å². The summed E-state index contributed by atoms with van der Waals surface area (Å²) in [6.07, 6.45) is 8.60. The fourth-order valence-corrected chi connectivity index (χ4v) is 4.39. The third kappa shape index (κ3) is 5.07. The van der Waals surface area contributed by atoms with Crippen LogP contribution < -0.4 is 0 Å². The summed E-state index contributed by atoms with van der Waals surface area (Å²) in [6.45, 7) is 0.837. The maximum atomic E-state index is 12.8. The number of benzene rings is 1. The molecule has 1 aromatic rings. The number of likely N-dealkylation sites (tertiary alicyclic amines) is 1. The molecule has 1 saturated heterocycles. The highest BCUT2D eigenvalue weighted by atomic mass is 16.5. The van der Waals surface area contributed by atoms with Crippen LogP contribution in [0.25, 0.3) is 10.4 Å². The van der Waals surface area contributed by atoms with Crippen molar-refractivity contribution in [3.05, 3.63) is 70.1 Å². The Hall–Kier alpha value is -2.60. The fraction of sp³-hybridized carbons (Fsp3) is 0.500. The molecule has 0 spiro atoms. The van der Waals surface area contributed by atoms with Crippen molar-refractivity contribution in [2.45, 2.75) is 43.9 Å². The topological polar surface area (TPSA) is 98.5 Å². The van der Waals surface area contributed by atoms with Crippen LogP contribution in [-0.2, 0) is 16.0 Å². The molecule has 3 rings (SSSR count). The molecule has 1 N–H and O–H groups in total. The molecular weight excluding hydrogens is 368 g/mol. The van der Waals surface area contributed by atoms with Crippen molar-refractivity contribution < 1.29 is 14.6 Å². The van der Waals surface area contributed by atoms with E-state index in [1.807, 2.05) is 30.3 Å². The van der Waals surface area contributed by atoms with Crippen LogP contribution in [0.3, 0.4) is 0 Å². The van der Waals surface area contributed by atoms with Crippen molar-refractivity contribution >= 4 is 5.97 Å². The largest absolute Gasteiger partial charge is 0.468 e. The number of fused-ring (bicyclic) bond motifs is 1. The Morgan fingerprint density at radius 3 is 2.90 bits per heavy atom. The van der Waals surface area contributed by atoms with Gasteiger partial charge in [0.1, 0.15) is 6.04 Å². The number of allylic oxidation sites excluding steroid dienone is 2. The van der Waals surface area contributed by atoms with Crippen LogP contribution >= 0.6 is 0 Å². The lowest BCUT2D eigenvalue weighted by Gasteiger charge is -2.35. The average molecular weight is 396 g/mol. The number of methoxy groups -OCH3 is 1. The number of aliphatic hydroxyl groups is 1. The first-order chi connectivity index (χ1) is 14.2. The van der Waals surface area contributed by atoms with Crippen LogP contribution in [-0.4, -0.2) is 54.4 Å². The Labute approximate surface area is 171 Å². The molecule has 154 valence electrons. The zero-order chi connectivity index (χ0) is 20.6. The molecule has 2 aliphatic rings. The minimum absolute atomic E-state index is 0.0431. The second-order valence-corrected chi connectivity index (χ2v) is 7.51. The maximum absolute atomic E-state index is 12.8. The number of esters is 1. The van der Waals surface area contributed by atoms with Gasteiger partial charge >= 0.3 is 5.97 Å². The van der Waals surface area contributed by atoms with Gasteiger partial charge in [-0.1, -0.05) is 59.2 Å². The minimum Gasteiger partial charge on any atom is -0.468 e. The predicted octanol–water partition coefficient (Wildman–Crippen LogP) is 3.41. The molecule has 4 atom stereocenters. The van der Waals surface area contributed by atoms with Crippen molar-refractivity contribution in [1.82, 2.24) is 4.90 Å². The highest BCUT2D eigenvalue weighted by molar-refractivity contribution is 5.76. The van der Waals surface area contributed by atoms with E-state index >= 15 is 0 Å². The van der Waals surface area contributed by atoms with Crippen LogP contribution in [0.5, 0.6) is 0 Å². The van der Waals surface area contributed by atoms with E-state index in [-0.39, 0.29) is 24.5 Å². The van der Waals surface area contributed by atoms with Gasteiger partial charge in [0.05, 0.1) is 13.2 Å². The highest BCUT2D eigenvalue weighted by Gasteiger charge is 2.45. The van der Waals surface area contributed by atoms with Crippen molar-refractivity contribution in [3.8, 4) is 0 Å². The van der Waals surface area contributed by atoms with Crippen LogP contribution in [0, 0.1) is 5.92 Å². The number of azide groups is 1. The number of nitrogens with zero attached hydrogens (tertiary/aromatic N) is 4. The maximum Gasteiger partial charge on any atom is 0.323 e. The standard InChI is InChI=1S/C22H28N4O3/c1-29-22(28)19(14-16-8-4-2-5-9-16)26-15-17-10-6-3-7-11-18(17)21(26)20(27)12-13-24-25-23/h2,4-5,7-11,18-21,27H,3,6,12-15H2,1H3/t18-,19+,20+,21-/m1/s1. The summed E-state index contributed by atoms with van der Waals surface area (Å²) in [7, 11) is 1.40. The van der Waals surface area contributed by atoms with Crippen molar-refractivity contribution in [2.24, 2.45) is 11.0 Å². The quantitative estimate of drug-likeness (QED) is 0.239. The molecule has 1 aliphatic heterocycles. The zero-order valence-corrected chi connectivity index (χ0v) is 16.7. The lowest BCUT2D eigenvalue weighted by Crippen LogP contribution is -2.51. The monoisotopic (exact) mass is 396 g/mol. The second kappa shape index (κ2) is 10.3. The lowest BCUT2D eigenvalue weighted by atomic mass is 9.90. The summed E-state index contributed by atoms with van der Waals surface area (Å²) in [5.41, 5.74) is 10.8. The van der Waals surface area contributed by atoms with Crippen molar-refractivity contribution in [1.29, 1.82) is 0 Å². The molecule has 1 aromatic carbocycles. The van der Waals surface area contributed by atoms with E-state index in [1.54, 1.807) is 0 Å². The van der Waals surface area contributed by atoms with E-state index in [1.165, 1.54) is 12.7 Å². The predicted molar refractivity (Wildman–Crippen MR) is 111 cm³/mol. The number of carbonyl (C=O) groups excluding carboxylic acids is 1. The SMILES string of the molecule is COC(=O)[C@H](Cc1ccccc1)N1CC2=CCCC=C[C@H]2[C@@H]1[C@@H](O)CCN=[N+]=[N-]. The fourth-order valence-electron chi connectivity index (χ4n) is 4.39. The number of carbonyl (C=O) groups is 1. The Kier molecular flexibility index (Phi) is 7.47. The summed E-state index contributed by atoms with van der Waals surface area (Å²) in [5, 5.41) is 14.6. The molecule has 0 unspecified atom stereocenters. The summed E-state index contributed by atoms with van der Waals surface area (Å²) >= 11 is 0. The third-order valence-electron chi connectivity index (χ3n) is 5.76. The van der Waals surface area contributed by atoms with Crippen LogP contribution in [0.2, 0.25) is 0 Å². The number of aliphatic hydroxyl groups excluding tert-OH is 1. The van der Waals surface area contributed by atoms with E-state index in [4.69, 9.17) is 10.3 Å². The van der Waals surface area contributed by atoms with Crippen molar-refractivity contribution in [3.63, 3.8) is 0 Å². The Morgan fingerprint density at radius 1 is 1.38 bits per heavy atom. The smallest absolute Gasteiger partial charge is 0.323 e. The highest BCUT2D eigenvalue weighted by Crippen LogP contribution is 2.37. The molecule has 1 fully saturated rings. The summed E-state index contributed by atoms with van der Waals surface area (Å²) in [4.78, 5) is 17.6. The molecule has 7 heteroatoms. The second-order valence-electron chi connectivity index (χ2n) is 7.51. The molecule has 0 aromatic heterocycles. The molecule has 0 saturated carbocycles. The normalized spacial score (nSPS) is 23.3. The molecule has 0 radical (unpaired) electrons. The molecule has 1 heterocycles. The first-order valence-electron chi connectivity index (χ1n) is 10.1. The van der Waals surface area contributed by atoms with Crippen LogP contribution in [0.1, 0.15) is 24.8 Å². The minimum atomic E-state index is -0.720. The first-order valence-corrected chi connectivity index (χ1v) is 10.1. The molecule has 29 heavy (non-hydrogen) atoms. The van der Waals surface area contributed by atoms with Gasteiger partial charge in [-0.2, -0.15) is 0 Å². The first kappa shape index (κ1) is 21.1. The average Bonchev–Trinajstić information content (AvgIpc) is 2.94. The Morgan fingerprint density at radius 2 is 2.17 bits per heavy atom. The van der Waals surface area contributed by atoms with Gasteiger partial charge in [-0.15, -0.1) is 0 Å². The number of hydrogen-bond acceptors (Lipinski definition) is 5. The van der Waals surface area contributed by atoms with Gasteiger partial charge in [0.2, 0.25) is 0 Å². The van der Waals surface area contributed by atoms with Gasteiger partial charge in [-0.05, 0) is 36.8 Å². The van der Waals surface area contributed by atoms with E-state index in [2.05, 4.69) is 33.2 Å². The molecule has 0 bridgehead atoms. The molecule has 7 nitrogen and oxygen atoms in total. The summed E-state index contributed by atoms with van der Waals surface area (Å²) < 4.78 is 5.14. The molecular formula is C22H28N4O3. The van der Waals surface area contributed by atoms with Crippen LogP contribution in [0.15, 0.2) is 59.2 Å². The molecule has 0 amide bonds. The molecule has 1 aliphatic carbocycles. The van der Waals surface area contributed by atoms with E-state index in [0.29, 0.717) is 19.4 Å². The lowest BCUT2D eigenvalue weighted by molar-refractivity contribution is -0.148. The Balaban J connectivity index is 1.92. The van der Waals surface area contributed by atoms with E-state index < -0.39 is 12.1 Å². The summed E-state index contributed by atoms with van der Waals surface area (Å²) in [6, 6.07) is 9.08. The van der Waals surface area contributed by atoms with Gasteiger partial charge in [-0.25, -0.2) is 0 Å². The van der Waals surface area contributed by atoms with Gasteiger partial charge in [-0.3, -0.25) is 9.69 Å². The summed E-state index contributed by atoms with van der Waals surface area (Å²) in [5.74, 6) is -0.261. The Bertz CT molecular complexity index is 802. The van der Waals surface area contributed by atoms with Gasteiger partial charge in [0, 0.05) is 30.0 Å². The van der Waals surface area contributed by atoms with Crippen molar-refractivity contribution in [2.75, 3.05) is 20.2 Å². The van der Waals surface area contributed by atoms with Gasteiger partial charge < -0.3 is 9.84 Å². The van der Waals surface area contributed by atoms with Gasteiger partial charge in [0.25, 0.3) is 0 Å². The van der Waals surface area contributed by atoms with Gasteiger partial charge in [0.15, 0.2) is 0 Å². The zero-order valence-electron chi connectivity index (χ0n) is 16.7. The number of hydrogen-bond donors (Lipinski definition) is 1. The number of ether oxygens (including phenoxy) is 1. The third-order valence-corrected chi connectivity index (χ3v) is 5.76. The van der Waals surface area contributed by atoms with E-state index in [0.717, 1.165) is 18.4 Å². The number of rotatable bonds is 8. The van der Waals surface area contributed by atoms with Crippen LogP contribution in [0.4, 0.5) is 0 Å².